The number of carbonyl (C=O) groups excluding carboxylic acids is 1. The van der Waals surface area contributed by atoms with Crippen molar-refractivity contribution in [2.24, 2.45) is 0 Å². The summed E-state index contributed by atoms with van der Waals surface area (Å²) < 4.78 is 34.2. The topological polar surface area (TPSA) is 97.4 Å². The minimum absolute atomic E-state index is 0.0973. The Morgan fingerprint density at radius 1 is 1.06 bits per heavy atom. The van der Waals surface area contributed by atoms with Crippen LogP contribution in [0.3, 0.4) is 0 Å². The summed E-state index contributed by atoms with van der Waals surface area (Å²) in [6, 6.07) is 11.4. The molecule has 0 aliphatic rings. The minimum atomic E-state index is -4.00. The van der Waals surface area contributed by atoms with Gasteiger partial charge in [0.2, 0.25) is 0 Å². The number of benzene rings is 2. The van der Waals surface area contributed by atoms with Crippen molar-refractivity contribution in [1.29, 1.82) is 0 Å². The number of hydrogen-bond donors (Lipinski definition) is 2. The largest absolute Gasteiger partial charge is 0.495 e. The number of methoxy groups -OCH3 is 1. The standard InChI is InChI=1S/C22H22ClN3O4S/c1-13-6-5-7-14(2)20(13)26-31(28,29)19-12-16(8-9-18(19)30-4)25-22(27)17-10-11-24-21(23)15(17)3/h5-12,26H,1-4H3,(H,25,27). The number of nitrogens with zero attached hydrogens (tertiary/aromatic N) is 1. The fourth-order valence-electron chi connectivity index (χ4n) is 3.08. The molecule has 0 bridgehead atoms. The third-order valence-electron chi connectivity index (χ3n) is 4.82. The van der Waals surface area contributed by atoms with Crippen molar-refractivity contribution in [1.82, 2.24) is 4.98 Å². The van der Waals surface area contributed by atoms with E-state index in [0.717, 1.165) is 11.1 Å². The van der Waals surface area contributed by atoms with Gasteiger partial charge < -0.3 is 10.1 Å². The predicted molar refractivity (Wildman–Crippen MR) is 122 cm³/mol. The van der Waals surface area contributed by atoms with E-state index in [1.807, 2.05) is 32.0 Å². The van der Waals surface area contributed by atoms with E-state index in [4.69, 9.17) is 16.3 Å². The molecular weight excluding hydrogens is 438 g/mol. The first-order valence-electron chi connectivity index (χ1n) is 9.33. The van der Waals surface area contributed by atoms with Gasteiger partial charge >= 0.3 is 0 Å². The highest BCUT2D eigenvalue weighted by Gasteiger charge is 2.23. The van der Waals surface area contributed by atoms with Gasteiger partial charge in [0, 0.05) is 17.4 Å². The average molecular weight is 460 g/mol. The number of sulfonamides is 1. The number of para-hydroxylation sites is 1. The molecule has 3 rings (SSSR count). The van der Waals surface area contributed by atoms with Crippen molar-refractivity contribution in [2.45, 2.75) is 25.7 Å². The fraction of sp³-hybridized carbons (Fsp3) is 0.182. The van der Waals surface area contributed by atoms with E-state index in [1.165, 1.54) is 25.4 Å². The van der Waals surface area contributed by atoms with Gasteiger partial charge in [-0.2, -0.15) is 0 Å². The maximum Gasteiger partial charge on any atom is 0.265 e. The van der Waals surface area contributed by atoms with Gasteiger partial charge in [-0.25, -0.2) is 13.4 Å². The molecule has 1 amide bonds. The summed E-state index contributed by atoms with van der Waals surface area (Å²) in [4.78, 5) is 16.5. The Hall–Kier alpha value is -3.10. The number of nitrogens with one attached hydrogen (secondary N) is 2. The van der Waals surface area contributed by atoms with E-state index in [2.05, 4.69) is 15.0 Å². The maximum atomic E-state index is 13.2. The lowest BCUT2D eigenvalue weighted by atomic mass is 10.1. The smallest absolute Gasteiger partial charge is 0.265 e. The zero-order valence-corrected chi connectivity index (χ0v) is 19.1. The Morgan fingerprint density at radius 2 is 1.74 bits per heavy atom. The molecule has 0 spiro atoms. The zero-order chi connectivity index (χ0) is 22.8. The number of amides is 1. The Labute approximate surface area is 186 Å². The van der Waals surface area contributed by atoms with Crippen molar-refractivity contribution in [3.05, 3.63) is 76.1 Å². The molecule has 0 saturated heterocycles. The fourth-order valence-corrected chi connectivity index (χ4v) is 4.64. The van der Waals surface area contributed by atoms with Crippen molar-refractivity contribution < 1.29 is 17.9 Å². The van der Waals surface area contributed by atoms with E-state index in [0.29, 0.717) is 22.5 Å². The number of carbonyl (C=O) groups is 1. The number of anilines is 2. The number of hydrogen-bond acceptors (Lipinski definition) is 5. The molecule has 3 aromatic rings. The molecule has 2 N–H and O–H groups in total. The summed E-state index contributed by atoms with van der Waals surface area (Å²) in [7, 11) is -2.61. The van der Waals surface area contributed by atoms with Crippen LogP contribution >= 0.6 is 11.6 Å². The molecule has 162 valence electrons. The SMILES string of the molecule is COc1ccc(NC(=O)c2ccnc(Cl)c2C)cc1S(=O)(=O)Nc1c(C)cccc1C. The molecule has 31 heavy (non-hydrogen) atoms. The molecule has 1 aromatic heterocycles. The van der Waals surface area contributed by atoms with Crippen LogP contribution in [0.15, 0.2) is 53.6 Å². The van der Waals surface area contributed by atoms with Crippen molar-refractivity contribution in [3.8, 4) is 5.75 Å². The van der Waals surface area contributed by atoms with E-state index < -0.39 is 15.9 Å². The highest BCUT2D eigenvalue weighted by Crippen LogP contribution is 2.31. The number of rotatable bonds is 6. The van der Waals surface area contributed by atoms with Gasteiger partial charge in [0.1, 0.15) is 15.8 Å². The summed E-state index contributed by atoms with van der Waals surface area (Å²) in [5, 5.41) is 2.93. The van der Waals surface area contributed by atoms with Crippen molar-refractivity contribution in [3.63, 3.8) is 0 Å². The second-order valence-electron chi connectivity index (χ2n) is 6.97. The molecule has 0 fully saturated rings. The van der Waals surface area contributed by atoms with Crippen LogP contribution in [-0.4, -0.2) is 26.4 Å². The van der Waals surface area contributed by atoms with Crippen LogP contribution in [0.5, 0.6) is 5.75 Å². The van der Waals surface area contributed by atoms with Gasteiger partial charge in [0.15, 0.2) is 0 Å². The molecule has 0 radical (unpaired) electrons. The van der Waals surface area contributed by atoms with Crippen LogP contribution in [0.4, 0.5) is 11.4 Å². The minimum Gasteiger partial charge on any atom is -0.495 e. The van der Waals surface area contributed by atoms with Gasteiger partial charge in [-0.15, -0.1) is 0 Å². The summed E-state index contributed by atoms with van der Waals surface area (Å²) in [6.07, 6.45) is 1.43. The molecular formula is C22H22ClN3O4S. The lowest BCUT2D eigenvalue weighted by Gasteiger charge is -2.16. The Balaban J connectivity index is 1.97. The molecule has 7 nitrogen and oxygen atoms in total. The summed E-state index contributed by atoms with van der Waals surface area (Å²) in [5.41, 5.74) is 3.24. The molecule has 0 unspecified atom stereocenters. The first-order valence-corrected chi connectivity index (χ1v) is 11.2. The summed E-state index contributed by atoms with van der Waals surface area (Å²) in [6.45, 7) is 5.32. The second-order valence-corrected chi connectivity index (χ2v) is 8.98. The Bertz CT molecular complexity index is 1240. The maximum absolute atomic E-state index is 13.2. The zero-order valence-electron chi connectivity index (χ0n) is 17.5. The third-order valence-corrected chi connectivity index (χ3v) is 6.57. The summed E-state index contributed by atoms with van der Waals surface area (Å²) >= 11 is 5.99. The van der Waals surface area contributed by atoms with Gasteiger partial charge in [0.25, 0.3) is 15.9 Å². The first kappa shape index (κ1) is 22.6. The number of pyridine rings is 1. The van der Waals surface area contributed by atoms with Gasteiger partial charge in [0.05, 0.1) is 12.8 Å². The number of aryl methyl sites for hydroxylation is 2. The third kappa shape index (κ3) is 4.81. The summed E-state index contributed by atoms with van der Waals surface area (Å²) in [5.74, 6) is -0.280. The van der Waals surface area contributed by atoms with E-state index in [9.17, 15) is 13.2 Å². The number of ether oxygens (including phenoxy) is 1. The molecule has 0 atom stereocenters. The highest BCUT2D eigenvalue weighted by molar-refractivity contribution is 7.92. The van der Waals surface area contributed by atoms with Crippen LogP contribution < -0.4 is 14.8 Å². The Morgan fingerprint density at radius 3 is 2.39 bits per heavy atom. The molecule has 2 aromatic carbocycles. The first-order chi connectivity index (χ1) is 14.6. The molecule has 0 aliphatic carbocycles. The number of aromatic nitrogens is 1. The van der Waals surface area contributed by atoms with E-state index in [1.54, 1.807) is 19.1 Å². The average Bonchev–Trinajstić information content (AvgIpc) is 2.72. The van der Waals surface area contributed by atoms with Gasteiger partial charge in [-0.05, 0) is 61.7 Å². The van der Waals surface area contributed by atoms with Crippen LogP contribution in [0, 0.1) is 20.8 Å². The van der Waals surface area contributed by atoms with Crippen LogP contribution in [0.2, 0.25) is 5.15 Å². The predicted octanol–water partition coefficient (Wildman–Crippen LogP) is 4.72. The van der Waals surface area contributed by atoms with Crippen molar-refractivity contribution >= 4 is 38.9 Å². The van der Waals surface area contributed by atoms with E-state index in [-0.39, 0.29) is 15.8 Å². The molecule has 0 aliphatic heterocycles. The van der Waals surface area contributed by atoms with Gasteiger partial charge in [-0.1, -0.05) is 29.8 Å². The second kappa shape index (κ2) is 8.95. The lowest BCUT2D eigenvalue weighted by Crippen LogP contribution is -2.17. The molecule has 1 heterocycles. The van der Waals surface area contributed by atoms with Crippen LogP contribution in [0.1, 0.15) is 27.0 Å². The van der Waals surface area contributed by atoms with Crippen LogP contribution in [-0.2, 0) is 10.0 Å². The highest BCUT2D eigenvalue weighted by atomic mass is 35.5. The Kier molecular flexibility index (Phi) is 6.52. The van der Waals surface area contributed by atoms with E-state index >= 15 is 0 Å². The van der Waals surface area contributed by atoms with Crippen LogP contribution in [0.25, 0.3) is 0 Å². The number of halogens is 1. The normalized spacial score (nSPS) is 11.1. The quantitative estimate of drug-likeness (QED) is 0.520. The van der Waals surface area contributed by atoms with Gasteiger partial charge in [-0.3, -0.25) is 9.52 Å². The molecule has 9 heteroatoms. The molecule has 0 saturated carbocycles. The lowest BCUT2D eigenvalue weighted by molar-refractivity contribution is 0.102. The van der Waals surface area contributed by atoms with Crippen molar-refractivity contribution in [2.75, 3.05) is 17.1 Å². The monoisotopic (exact) mass is 459 g/mol.